The first kappa shape index (κ1) is 16.3. The van der Waals surface area contributed by atoms with Gasteiger partial charge in [-0.15, -0.1) is 0 Å². The molecular formula is C20H21N3O3. The fraction of sp³-hybridized carbons (Fsp3) is 0.250. The van der Waals surface area contributed by atoms with Crippen LogP contribution in [0.2, 0.25) is 0 Å². The van der Waals surface area contributed by atoms with Gasteiger partial charge in [-0.3, -0.25) is 0 Å². The maximum absolute atomic E-state index is 10.2. The Labute approximate surface area is 152 Å². The number of phenolic OH excluding ortho intramolecular Hbond substituents is 1. The van der Waals surface area contributed by atoms with E-state index in [0.717, 1.165) is 28.2 Å². The van der Waals surface area contributed by atoms with Crippen LogP contribution in [0.25, 0.3) is 11.3 Å². The Kier molecular flexibility index (Phi) is 3.76. The van der Waals surface area contributed by atoms with Gasteiger partial charge in [-0.1, -0.05) is 11.6 Å². The van der Waals surface area contributed by atoms with E-state index in [1.807, 2.05) is 11.6 Å². The number of anilines is 1. The maximum atomic E-state index is 10.2. The van der Waals surface area contributed by atoms with E-state index in [-0.39, 0.29) is 11.9 Å². The van der Waals surface area contributed by atoms with Gasteiger partial charge >= 0.3 is 0 Å². The monoisotopic (exact) mass is 351 g/mol. The second-order valence-electron chi connectivity index (χ2n) is 6.49. The molecule has 0 fully saturated rings. The molecular weight excluding hydrogens is 330 g/mol. The van der Waals surface area contributed by atoms with Gasteiger partial charge in [0.25, 0.3) is 0 Å². The number of nitrogens with one attached hydrogen (secondary N) is 1. The average Bonchev–Trinajstić information content (AvgIpc) is 3.03. The molecule has 1 aromatic heterocycles. The molecule has 1 atom stereocenters. The first-order valence-corrected chi connectivity index (χ1v) is 8.40. The molecule has 2 heterocycles. The van der Waals surface area contributed by atoms with Gasteiger partial charge in [0.2, 0.25) is 5.75 Å². The van der Waals surface area contributed by atoms with Crippen LogP contribution in [0.5, 0.6) is 17.2 Å². The summed E-state index contributed by atoms with van der Waals surface area (Å²) in [5, 5.41) is 18.4. The minimum Gasteiger partial charge on any atom is -0.502 e. The van der Waals surface area contributed by atoms with E-state index in [4.69, 9.17) is 9.47 Å². The standard InChI is InChI=1S/C20H21N3O3/c1-11-5-6-15-14(7-11)16-8-12(2)22-23(16)20(21-15)13-9-17(25-3)19(24)18(10-13)26-4/h5-10,20-21,24H,1-4H3/t20-/m1/s1. The van der Waals surface area contributed by atoms with Crippen LogP contribution < -0.4 is 14.8 Å². The molecule has 26 heavy (non-hydrogen) atoms. The molecule has 1 aliphatic heterocycles. The molecule has 3 aromatic rings. The molecule has 0 amide bonds. The van der Waals surface area contributed by atoms with Crippen molar-refractivity contribution in [1.82, 2.24) is 9.78 Å². The fourth-order valence-corrected chi connectivity index (χ4v) is 3.42. The van der Waals surface area contributed by atoms with Gasteiger partial charge in [0.05, 0.1) is 25.6 Å². The minimum absolute atomic E-state index is 0.0116. The van der Waals surface area contributed by atoms with Crippen LogP contribution in [0.4, 0.5) is 5.69 Å². The molecule has 0 saturated carbocycles. The van der Waals surface area contributed by atoms with Gasteiger partial charge in [0, 0.05) is 16.8 Å². The highest BCUT2D eigenvalue weighted by Crippen LogP contribution is 2.43. The number of phenols is 1. The van der Waals surface area contributed by atoms with E-state index in [9.17, 15) is 5.11 Å². The Hall–Kier alpha value is -3.15. The van der Waals surface area contributed by atoms with Crippen LogP contribution in [0, 0.1) is 13.8 Å². The fourth-order valence-electron chi connectivity index (χ4n) is 3.42. The highest BCUT2D eigenvalue weighted by molar-refractivity contribution is 5.79. The molecule has 0 spiro atoms. The number of aryl methyl sites for hydroxylation is 2. The quantitative estimate of drug-likeness (QED) is 0.750. The molecule has 134 valence electrons. The highest BCUT2D eigenvalue weighted by atomic mass is 16.5. The smallest absolute Gasteiger partial charge is 0.200 e. The van der Waals surface area contributed by atoms with Gasteiger partial charge in [0.1, 0.15) is 6.17 Å². The number of hydrogen-bond donors (Lipinski definition) is 2. The van der Waals surface area contributed by atoms with Gasteiger partial charge in [0.15, 0.2) is 11.5 Å². The third-order valence-corrected chi connectivity index (χ3v) is 4.66. The number of nitrogens with zero attached hydrogens (tertiary/aromatic N) is 2. The van der Waals surface area contributed by atoms with Crippen molar-refractivity contribution < 1.29 is 14.6 Å². The lowest BCUT2D eigenvalue weighted by molar-refractivity contribution is 0.338. The van der Waals surface area contributed by atoms with Crippen molar-refractivity contribution >= 4 is 5.69 Å². The van der Waals surface area contributed by atoms with Crippen LogP contribution in [0.1, 0.15) is 23.0 Å². The summed E-state index contributed by atoms with van der Waals surface area (Å²) in [5.74, 6) is 0.713. The summed E-state index contributed by atoms with van der Waals surface area (Å²) in [6.07, 6.45) is -0.239. The van der Waals surface area contributed by atoms with Gasteiger partial charge in [-0.25, -0.2) is 4.68 Å². The van der Waals surface area contributed by atoms with Crippen molar-refractivity contribution in [3.05, 3.63) is 53.2 Å². The number of rotatable bonds is 3. The minimum atomic E-state index is -0.239. The summed E-state index contributed by atoms with van der Waals surface area (Å²) in [7, 11) is 3.04. The highest BCUT2D eigenvalue weighted by Gasteiger charge is 2.28. The van der Waals surface area contributed by atoms with Crippen LogP contribution in [-0.4, -0.2) is 29.1 Å². The predicted molar refractivity (Wildman–Crippen MR) is 100 cm³/mol. The third-order valence-electron chi connectivity index (χ3n) is 4.66. The van der Waals surface area contributed by atoms with Crippen molar-refractivity contribution in [2.75, 3.05) is 19.5 Å². The van der Waals surface area contributed by atoms with Gasteiger partial charge in [-0.2, -0.15) is 5.10 Å². The van der Waals surface area contributed by atoms with E-state index in [2.05, 4.69) is 41.6 Å². The number of ether oxygens (including phenoxy) is 2. The Bertz CT molecular complexity index is 969. The van der Waals surface area contributed by atoms with Crippen LogP contribution in [0.15, 0.2) is 36.4 Å². The maximum Gasteiger partial charge on any atom is 0.200 e. The third kappa shape index (κ3) is 2.45. The van der Waals surface area contributed by atoms with Crippen molar-refractivity contribution in [2.24, 2.45) is 0 Å². The molecule has 0 radical (unpaired) electrons. The summed E-state index contributed by atoms with van der Waals surface area (Å²) in [6, 6.07) is 12.0. The van der Waals surface area contributed by atoms with E-state index >= 15 is 0 Å². The second kappa shape index (κ2) is 5.98. The normalized spacial score (nSPS) is 15.0. The molecule has 2 N–H and O–H groups in total. The molecule has 6 heteroatoms. The molecule has 0 bridgehead atoms. The summed E-state index contributed by atoms with van der Waals surface area (Å²) >= 11 is 0. The van der Waals surface area contributed by atoms with E-state index in [1.54, 1.807) is 12.1 Å². The summed E-state index contributed by atoms with van der Waals surface area (Å²) in [5.41, 5.74) is 6.24. The number of fused-ring (bicyclic) bond motifs is 3. The Morgan fingerprint density at radius 1 is 1.04 bits per heavy atom. The number of benzene rings is 2. The largest absolute Gasteiger partial charge is 0.502 e. The van der Waals surface area contributed by atoms with Gasteiger partial charge in [-0.05, 0) is 44.2 Å². The van der Waals surface area contributed by atoms with Crippen molar-refractivity contribution in [1.29, 1.82) is 0 Å². The lowest BCUT2D eigenvalue weighted by Gasteiger charge is -2.30. The molecule has 6 nitrogen and oxygen atoms in total. The average molecular weight is 351 g/mol. The second-order valence-corrected chi connectivity index (χ2v) is 6.49. The van der Waals surface area contributed by atoms with Crippen molar-refractivity contribution in [3.63, 3.8) is 0 Å². The predicted octanol–water partition coefficient (Wildman–Crippen LogP) is 3.86. The van der Waals surface area contributed by atoms with Crippen molar-refractivity contribution in [3.8, 4) is 28.5 Å². The summed E-state index contributed by atoms with van der Waals surface area (Å²) < 4.78 is 12.6. The Balaban J connectivity index is 1.90. The van der Waals surface area contributed by atoms with Crippen LogP contribution >= 0.6 is 0 Å². The zero-order valence-electron chi connectivity index (χ0n) is 15.2. The van der Waals surface area contributed by atoms with E-state index in [0.29, 0.717) is 11.5 Å². The van der Waals surface area contributed by atoms with Crippen LogP contribution in [-0.2, 0) is 0 Å². The van der Waals surface area contributed by atoms with E-state index in [1.165, 1.54) is 19.8 Å². The molecule has 2 aromatic carbocycles. The summed E-state index contributed by atoms with van der Waals surface area (Å²) in [6.45, 7) is 4.06. The SMILES string of the molecule is COc1cc([C@@H]2Nc3ccc(C)cc3-c3cc(C)nn32)cc(OC)c1O. The molecule has 0 aliphatic carbocycles. The van der Waals surface area contributed by atoms with Crippen molar-refractivity contribution in [2.45, 2.75) is 20.0 Å². The lowest BCUT2D eigenvalue weighted by atomic mass is 10.0. The van der Waals surface area contributed by atoms with E-state index < -0.39 is 0 Å². The Morgan fingerprint density at radius 3 is 2.38 bits per heavy atom. The zero-order chi connectivity index (χ0) is 18.4. The number of methoxy groups -OCH3 is 2. The molecule has 0 unspecified atom stereocenters. The topological polar surface area (TPSA) is 68.5 Å². The van der Waals surface area contributed by atoms with Gasteiger partial charge < -0.3 is 19.9 Å². The zero-order valence-corrected chi connectivity index (χ0v) is 15.2. The molecule has 4 rings (SSSR count). The first-order chi connectivity index (χ1) is 12.5. The molecule has 1 aliphatic rings. The summed E-state index contributed by atoms with van der Waals surface area (Å²) in [4.78, 5) is 0. The number of hydrogen-bond acceptors (Lipinski definition) is 5. The lowest BCUT2D eigenvalue weighted by Crippen LogP contribution is -2.25. The number of aromatic nitrogens is 2. The molecule has 0 saturated heterocycles. The Morgan fingerprint density at radius 2 is 1.73 bits per heavy atom. The first-order valence-electron chi connectivity index (χ1n) is 8.40. The number of aromatic hydroxyl groups is 1. The van der Waals surface area contributed by atoms with Crippen LogP contribution in [0.3, 0.4) is 0 Å².